The van der Waals surface area contributed by atoms with Crippen LogP contribution in [0, 0.1) is 13.8 Å². The average molecular weight is 213 g/mol. The number of nitrogens with two attached hydrogens (primary N) is 1. The zero-order valence-electron chi connectivity index (χ0n) is 9.49. The molecule has 0 unspecified atom stereocenters. The summed E-state index contributed by atoms with van der Waals surface area (Å²) in [6, 6.07) is 8.16. The Labute approximate surface area is 95.3 Å². The maximum absolute atomic E-state index is 5.83. The maximum Gasteiger partial charge on any atom is 0.0739 e. The Morgan fingerprint density at radius 1 is 1.12 bits per heavy atom. The van der Waals surface area contributed by atoms with Crippen LogP contribution in [-0.2, 0) is 0 Å². The van der Waals surface area contributed by atoms with Gasteiger partial charge in [-0.1, -0.05) is 12.1 Å². The molecule has 0 atom stereocenters. The van der Waals surface area contributed by atoms with Crippen LogP contribution in [0.3, 0.4) is 0 Å². The topological polar surface area (TPSA) is 50.9 Å². The smallest absolute Gasteiger partial charge is 0.0739 e. The lowest BCUT2D eigenvalue weighted by atomic mass is 10.1. The molecule has 0 aliphatic rings. The summed E-state index contributed by atoms with van der Waals surface area (Å²) in [4.78, 5) is 3.96. The van der Waals surface area contributed by atoms with E-state index in [0.717, 1.165) is 11.4 Å². The van der Waals surface area contributed by atoms with Gasteiger partial charge in [-0.3, -0.25) is 4.98 Å². The molecule has 3 N–H and O–H groups in total. The first-order valence-electron chi connectivity index (χ1n) is 5.20. The van der Waals surface area contributed by atoms with Gasteiger partial charge < -0.3 is 11.1 Å². The van der Waals surface area contributed by atoms with Crippen LogP contribution in [0.2, 0.25) is 0 Å². The van der Waals surface area contributed by atoms with Crippen molar-refractivity contribution in [1.29, 1.82) is 0 Å². The predicted molar refractivity (Wildman–Crippen MR) is 67.8 cm³/mol. The van der Waals surface area contributed by atoms with E-state index in [0.29, 0.717) is 5.69 Å². The summed E-state index contributed by atoms with van der Waals surface area (Å²) in [5, 5.41) is 3.32. The molecule has 3 nitrogen and oxygen atoms in total. The van der Waals surface area contributed by atoms with Crippen LogP contribution < -0.4 is 11.1 Å². The lowest BCUT2D eigenvalue weighted by Gasteiger charge is -2.11. The minimum absolute atomic E-state index is 0.656. The van der Waals surface area contributed by atoms with E-state index in [1.165, 1.54) is 11.1 Å². The molecule has 1 aromatic heterocycles. The first-order valence-corrected chi connectivity index (χ1v) is 5.20. The molecule has 0 aliphatic heterocycles. The van der Waals surface area contributed by atoms with Gasteiger partial charge in [-0.2, -0.15) is 0 Å². The minimum Gasteiger partial charge on any atom is -0.396 e. The van der Waals surface area contributed by atoms with E-state index in [-0.39, 0.29) is 0 Å². The Bertz CT molecular complexity index is 506. The van der Waals surface area contributed by atoms with Crippen molar-refractivity contribution in [3.8, 4) is 0 Å². The zero-order chi connectivity index (χ0) is 11.5. The largest absolute Gasteiger partial charge is 0.396 e. The van der Waals surface area contributed by atoms with Crippen LogP contribution in [0.5, 0.6) is 0 Å². The van der Waals surface area contributed by atoms with Gasteiger partial charge in [0.1, 0.15) is 0 Å². The lowest BCUT2D eigenvalue weighted by Crippen LogP contribution is -1.98. The van der Waals surface area contributed by atoms with Crippen LogP contribution in [0.4, 0.5) is 17.1 Å². The van der Waals surface area contributed by atoms with Crippen molar-refractivity contribution in [1.82, 2.24) is 4.98 Å². The van der Waals surface area contributed by atoms with E-state index in [1.807, 2.05) is 6.07 Å². The van der Waals surface area contributed by atoms with Gasteiger partial charge >= 0.3 is 0 Å². The van der Waals surface area contributed by atoms with Crippen molar-refractivity contribution >= 4 is 17.1 Å². The molecule has 1 heterocycles. The zero-order valence-corrected chi connectivity index (χ0v) is 9.49. The molecule has 16 heavy (non-hydrogen) atoms. The van der Waals surface area contributed by atoms with Gasteiger partial charge in [0.15, 0.2) is 0 Å². The van der Waals surface area contributed by atoms with E-state index in [2.05, 4.69) is 42.3 Å². The van der Waals surface area contributed by atoms with Crippen molar-refractivity contribution < 1.29 is 0 Å². The van der Waals surface area contributed by atoms with Gasteiger partial charge in [-0.25, -0.2) is 0 Å². The van der Waals surface area contributed by atoms with E-state index in [9.17, 15) is 0 Å². The van der Waals surface area contributed by atoms with Crippen molar-refractivity contribution in [3.63, 3.8) is 0 Å². The van der Waals surface area contributed by atoms with Crippen LogP contribution in [-0.4, -0.2) is 4.98 Å². The third-order valence-electron chi connectivity index (χ3n) is 2.51. The SMILES string of the molecule is Cc1ccc(C)c(Nc2ccncc2N)c1. The quantitative estimate of drug-likeness (QED) is 0.806. The van der Waals surface area contributed by atoms with Crippen molar-refractivity contribution in [2.45, 2.75) is 13.8 Å². The number of nitrogen functional groups attached to an aromatic ring is 1. The second kappa shape index (κ2) is 4.23. The molecule has 3 heteroatoms. The molecule has 2 aromatic rings. The standard InChI is InChI=1S/C13H15N3/c1-9-3-4-10(2)13(7-9)16-12-5-6-15-8-11(12)14/h3-8H,14H2,1-2H3,(H,15,16). The van der Waals surface area contributed by atoms with Crippen molar-refractivity contribution in [3.05, 3.63) is 47.8 Å². The average Bonchev–Trinajstić information content (AvgIpc) is 2.27. The van der Waals surface area contributed by atoms with Crippen LogP contribution in [0.1, 0.15) is 11.1 Å². The van der Waals surface area contributed by atoms with E-state index in [4.69, 9.17) is 5.73 Å². The molecular weight excluding hydrogens is 198 g/mol. The monoisotopic (exact) mass is 213 g/mol. The number of hydrogen-bond donors (Lipinski definition) is 2. The Kier molecular flexibility index (Phi) is 2.77. The van der Waals surface area contributed by atoms with E-state index < -0.39 is 0 Å². The van der Waals surface area contributed by atoms with E-state index in [1.54, 1.807) is 12.4 Å². The summed E-state index contributed by atoms with van der Waals surface area (Å²) in [6.07, 6.45) is 3.37. The summed E-state index contributed by atoms with van der Waals surface area (Å²) in [7, 11) is 0. The van der Waals surface area contributed by atoms with Gasteiger partial charge in [0.25, 0.3) is 0 Å². The van der Waals surface area contributed by atoms with Crippen molar-refractivity contribution in [2.24, 2.45) is 0 Å². The third kappa shape index (κ3) is 2.14. The highest BCUT2D eigenvalue weighted by Crippen LogP contribution is 2.24. The number of aromatic nitrogens is 1. The van der Waals surface area contributed by atoms with Crippen molar-refractivity contribution in [2.75, 3.05) is 11.1 Å². The summed E-state index contributed by atoms with van der Waals surface area (Å²) in [5.74, 6) is 0. The fraction of sp³-hybridized carbons (Fsp3) is 0.154. The normalized spacial score (nSPS) is 10.1. The second-order valence-corrected chi connectivity index (χ2v) is 3.91. The predicted octanol–water partition coefficient (Wildman–Crippen LogP) is 3.02. The van der Waals surface area contributed by atoms with Gasteiger partial charge in [-0.15, -0.1) is 0 Å². The number of anilines is 3. The molecule has 0 fully saturated rings. The summed E-state index contributed by atoms with van der Waals surface area (Å²) < 4.78 is 0. The van der Waals surface area contributed by atoms with Gasteiger partial charge in [0.05, 0.1) is 17.6 Å². The molecule has 0 saturated heterocycles. The Balaban J connectivity index is 2.34. The number of benzene rings is 1. The number of aryl methyl sites for hydroxylation is 2. The molecular formula is C13H15N3. The molecule has 0 amide bonds. The molecule has 82 valence electrons. The van der Waals surface area contributed by atoms with Gasteiger partial charge in [-0.05, 0) is 37.1 Å². The number of hydrogen-bond acceptors (Lipinski definition) is 3. The highest BCUT2D eigenvalue weighted by atomic mass is 14.9. The Morgan fingerprint density at radius 2 is 1.94 bits per heavy atom. The number of pyridine rings is 1. The summed E-state index contributed by atoms with van der Waals surface area (Å²) in [6.45, 7) is 4.14. The highest BCUT2D eigenvalue weighted by molar-refractivity contribution is 5.73. The highest BCUT2D eigenvalue weighted by Gasteiger charge is 2.01. The fourth-order valence-electron chi connectivity index (χ4n) is 1.54. The number of rotatable bonds is 2. The fourth-order valence-corrected chi connectivity index (χ4v) is 1.54. The number of nitrogens with one attached hydrogen (secondary N) is 1. The first-order chi connectivity index (χ1) is 7.66. The minimum atomic E-state index is 0.656. The Morgan fingerprint density at radius 3 is 2.69 bits per heavy atom. The molecule has 0 aliphatic carbocycles. The van der Waals surface area contributed by atoms with Gasteiger partial charge in [0.2, 0.25) is 0 Å². The Hall–Kier alpha value is -2.03. The molecule has 0 bridgehead atoms. The third-order valence-corrected chi connectivity index (χ3v) is 2.51. The molecule has 0 saturated carbocycles. The van der Waals surface area contributed by atoms with Gasteiger partial charge in [0, 0.05) is 11.9 Å². The van der Waals surface area contributed by atoms with Crippen LogP contribution in [0.15, 0.2) is 36.7 Å². The molecule has 1 aromatic carbocycles. The molecule has 0 spiro atoms. The molecule has 2 rings (SSSR count). The van der Waals surface area contributed by atoms with E-state index >= 15 is 0 Å². The number of nitrogens with zero attached hydrogens (tertiary/aromatic N) is 1. The summed E-state index contributed by atoms with van der Waals surface area (Å²) >= 11 is 0. The van der Waals surface area contributed by atoms with Crippen LogP contribution >= 0.6 is 0 Å². The molecule has 0 radical (unpaired) electrons. The first kappa shape index (κ1) is 10.5. The lowest BCUT2D eigenvalue weighted by molar-refractivity contribution is 1.32. The second-order valence-electron chi connectivity index (χ2n) is 3.91. The summed E-state index contributed by atoms with van der Waals surface area (Å²) in [5.41, 5.74) is 10.9. The van der Waals surface area contributed by atoms with Crippen LogP contribution in [0.25, 0.3) is 0 Å². The maximum atomic E-state index is 5.83.